The van der Waals surface area contributed by atoms with E-state index in [0.29, 0.717) is 5.92 Å². The number of furan rings is 1. The maximum Gasteiger partial charge on any atom is 0.297 e. The van der Waals surface area contributed by atoms with Crippen molar-refractivity contribution in [2.24, 2.45) is 11.3 Å². The molecule has 1 aromatic heterocycles. The summed E-state index contributed by atoms with van der Waals surface area (Å²) in [5.41, 5.74) is 19.7. The van der Waals surface area contributed by atoms with Gasteiger partial charge in [-0.1, -0.05) is 165 Å². The van der Waals surface area contributed by atoms with E-state index >= 15 is 0 Å². The molecule has 2 aliphatic heterocycles. The molecule has 0 saturated heterocycles. The van der Waals surface area contributed by atoms with Gasteiger partial charge in [-0.05, 0) is 121 Å². The second-order valence-corrected chi connectivity index (χ2v) is 20.3. The van der Waals surface area contributed by atoms with Crippen LogP contribution in [0.5, 0.6) is 0 Å². The van der Waals surface area contributed by atoms with E-state index < -0.39 is 0 Å². The normalized spacial score (nSPS) is 15.7. The third-order valence-electron chi connectivity index (χ3n) is 13.2. The molecule has 10 rings (SSSR count). The largest absolute Gasteiger partial charge is 0.468 e. The molecule has 1 unspecified atom stereocenters. The van der Waals surface area contributed by atoms with E-state index in [1.165, 1.54) is 72.6 Å². The predicted molar refractivity (Wildman–Crippen MR) is 257 cm³/mol. The Bertz CT molecular complexity index is 2790. The van der Waals surface area contributed by atoms with Gasteiger partial charge < -0.3 is 14.2 Å². The van der Waals surface area contributed by atoms with Crippen molar-refractivity contribution in [2.75, 3.05) is 9.80 Å². The standard InChI is InChI=1S/C56H55BN2O/c1-54(2,3)40-26-21-36(22-27-40)38-15-13-18-44(33-38)59-48-20-14-19-47-51(48)57(53-52(59)45-35-42(56(7,8)9)30-32-50(45)60-53)46-31-25-39(37-23-28-41(29-24-37)55(4,5)6)34-49(46)58(47)43-16-11-10-12-17-43/h10-34,42H,35H2,1-9H3. The highest BCUT2D eigenvalue weighted by Gasteiger charge is 2.48. The van der Waals surface area contributed by atoms with Gasteiger partial charge in [-0.15, -0.1) is 0 Å². The summed E-state index contributed by atoms with van der Waals surface area (Å²) in [7, 11) is 0. The molecule has 60 heavy (non-hydrogen) atoms. The number of para-hydroxylation sites is 1. The number of benzene rings is 6. The van der Waals surface area contributed by atoms with Crippen molar-refractivity contribution in [1.82, 2.24) is 0 Å². The Morgan fingerprint density at radius 2 is 1.10 bits per heavy atom. The number of allylic oxidation sites excluding steroid dienone is 1. The molecule has 0 bridgehead atoms. The minimum absolute atomic E-state index is 0.0880. The molecule has 0 fully saturated rings. The highest BCUT2D eigenvalue weighted by Crippen LogP contribution is 2.49. The summed E-state index contributed by atoms with van der Waals surface area (Å²) in [5.74, 6) is 1.37. The fraction of sp³-hybridized carbons (Fsp3) is 0.250. The van der Waals surface area contributed by atoms with E-state index in [9.17, 15) is 0 Å². The van der Waals surface area contributed by atoms with Crippen LogP contribution in [0, 0.1) is 11.3 Å². The molecule has 298 valence electrons. The Hall–Kier alpha value is -6.00. The third kappa shape index (κ3) is 6.35. The van der Waals surface area contributed by atoms with Gasteiger partial charge in [0.2, 0.25) is 0 Å². The maximum atomic E-state index is 7.26. The van der Waals surface area contributed by atoms with Crippen LogP contribution in [0.4, 0.5) is 34.1 Å². The van der Waals surface area contributed by atoms with E-state index in [1.807, 2.05) is 0 Å². The number of hydrogen-bond donors (Lipinski definition) is 0. The van der Waals surface area contributed by atoms with Crippen LogP contribution in [0.25, 0.3) is 28.3 Å². The fourth-order valence-electron chi connectivity index (χ4n) is 9.69. The van der Waals surface area contributed by atoms with Crippen LogP contribution in [0.3, 0.4) is 0 Å². The molecule has 1 aliphatic carbocycles. The Labute approximate surface area is 357 Å². The number of fused-ring (bicyclic) bond motifs is 6. The molecular weight excluding hydrogens is 727 g/mol. The molecule has 3 nitrogen and oxygen atoms in total. The van der Waals surface area contributed by atoms with Gasteiger partial charge in [-0.2, -0.15) is 0 Å². The Kier molecular flexibility index (Phi) is 8.78. The second kappa shape index (κ2) is 13.8. The SMILES string of the molecule is CC(C)(C)c1ccc(-c2cccc(N3c4cccc5c4B(c4ccc(-c6ccc(C(C)(C)C)cc6)cc4N5c4ccccc4)c4oc5c(c43)CC(C(C)(C)C)C=C5)c2)cc1. The molecule has 0 amide bonds. The van der Waals surface area contributed by atoms with Crippen molar-refractivity contribution in [3.05, 3.63) is 168 Å². The monoisotopic (exact) mass is 782 g/mol. The van der Waals surface area contributed by atoms with Gasteiger partial charge in [0, 0.05) is 34.0 Å². The van der Waals surface area contributed by atoms with E-state index in [2.05, 4.69) is 224 Å². The van der Waals surface area contributed by atoms with Gasteiger partial charge in [0.25, 0.3) is 6.71 Å². The highest BCUT2D eigenvalue weighted by atomic mass is 16.3. The van der Waals surface area contributed by atoms with Crippen molar-refractivity contribution in [3.8, 4) is 22.3 Å². The minimum atomic E-state index is -0.0880. The third-order valence-corrected chi connectivity index (χ3v) is 13.2. The van der Waals surface area contributed by atoms with Crippen LogP contribution in [0.2, 0.25) is 0 Å². The summed E-state index contributed by atoms with van der Waals surface area (Å²) in [5, 5.41) is 0. The fourth-order valence-corrected chi connectivity index (χ4v) is 9.69. The van der Waals surface area contributed by atoms with E-state index in [0.717, 1.165) is 29.2 Å². The molecular formula is C56H55BN2O. The zero-order valence-corrected chi connectivity index (χ0v) is 36.6. The lowest BCUT2D eigenvalue weighted by Gasteiger charge is -2.43. The van der Waals surface area contributed by atoms with E-state index in [1.54, 1.807) is 0 Å². The van der Waals surface area contributed by atoms with Gasteiger partial charge in [-0.3, -0.25) is 0 Å². The Morgan fingerprint density at radius 3 is 1.72 bits per heavy atom. The lowest BCUT2D eigenvalue weighted by molar-refractivity contribution is 0.289. The van der Waals surface area contributed by atoms with Crippen LogP contribution in [-0.2, 0) is 17.3 Å². The topological polar surface area (TPSA) is 19.6 Å². The number of nitrogens with zero attached hydrogens (tertiary/aromatic N) is 2. The lowest BCUT2D eigenvalue weighted by Crippen LogP contribution is -2.61. The predicted octanol–water partition coefficient (Wildman–Crippen LogP) is 13.5. The van der Waals surface area contributed by atoms with Crippen LogP contribution >= 0.6 is 0 Å². The summed E-state index contributed by atoms with van der Waals surface area (Å²) < 4.78 is 7.26. The first-order chi connectivity index (χ1) is 28.6. The molecule has 3 aliphatic rings. The van der Waals surface area contributed by atoms with E-state index in [4.69, 9.17) is 4.42 Å². The second-order valence-electron chi connectivity index (χ2n) is 20.3. The number of hydrogen-bond acceptors (Lipinski definition) is 3. The molecule has 6 aromatic carbocycles. The minimum Gasteiger partial charge on any atom is -0.468 e. The summed E-state index contributed by atoms with van der Waals surface area (Å²) >= 11 is 0. The first-order valence-electron chi connectivity index (χ1n) is 21.7. The molecule has 1 atom stereocenters. The van der Waals surface area contributed by atoms with Gasteiger partial charge >= 0.3 is 0 Å². The summed E-state index contributed by atoms with van der Waals surface area (Å²) in [6.07, 6.45) is 5.56. The Morgan fingerprint density at radius 1 is 0.533 bits per heavy atom. The van der Waals surface area contributed by atoms with Crippen LogP contribution in [-0.4, -0.2) is 6.71 Å². The number of rotatable bonds is 4. The lowest BCUT2D eigenvalue weighted by atomic mass is 9.35. The first kappa shape index (κ1) is 38.2. The zero-order chi connectivity index (χ0) is 41.7. The van der Waals surface area contributed by atoms with Crippen molar-refractivity contribution in [2.45, 2.75) is 79.6 Å². The zero-order valence-electron chi connectivity index (χ0n) is 36.6. The Balaban J connectivity index is 1.20. The van der Waals surface area contributed by atoms with Gasteiger partial charge in [0.05, 0.1) is 11.3 Å². The van der Waals surface area contributed by atoms with Crippen LogP contribution in [0.15, 0.2) is 150 Å². The molecule has 7 aromatic rings. The quantitative estimate of drug-likeness (QED) is 0.166. The van der Waals surface area contributed by atoms with Crippen LogP contribution < -0.4 is 26.4 Å². The summed E-state index contributed by atoms with van der Waals surface area (Å²) in [6.45, 7) is 20.6. The van der Waals surface area contributed by atoms with E-state index in [-0.39, 0.29) is 23.0 Å². The van der Waals surface area contributed by atoms with Crippen molar-refractivity contribution in [1.29, 1.82) is 0 Å². The summed E-state index contributed by atoms with van der Waals surface area (Å²) in [6, 6.07) is 52.2. The average Bonchev–Trinajstić information content (AvgIpc) is 3.61. The molecule has 0 saturated carbocycles. The summed E-state index contributed by atoms with van der Waals surface area (Å²) in [4.78, 5) is 5.00. The number of anilines is 6. The van der Waals surface area contributed by atoms with Crippen LogP contribution in [0.1, 0.15) is 84.8 Å². The van der Waals surface area contributed by atoms with Gasteiger partial charge in [0.15, 0.2) is 0 Å². The average molecular weight is 783 g/mol. The van der Waals surface area contributed by atoms with Gasteiger partial charge in [-0.25, -0.2) is 0 Å². The molecule has 3 heterocycles. The maximum absolute atomic E-state index is 7.26. The molecule has 0 spiro atoms. The molecule has 0 radical (unpaired) electrons. The van der Waals surface area contributed by atoms with Crippen molar-refractivity contribution >= 4 is 63.5 Å². The highest BCUT2D eigenvalue weighted by molar-refractivity contribution is 6.99. The first-order valence-corrected chi connectivity index (χ1v) is 21.7. The smallest absolute Gasteiger partial charge is 0.297 e. The molecule has 4 heteroatoms. The van der Waals surface area contributed by atoms with Gasteiger partial charge in [0.1, 0.15) is 5.76 Å². The van der Waals surface area contributed by atoms with Crippen molar-refractivity contribution < 1.29 is 4.42 Å². The molecule has 0 N–H and O–H groups in total. The van der Waals surface area contributed by atoms with Crippen molar-refractivity contribution in [3.63, 3.8) is 0 Å².